The summed E-state index contributed by atoms with van der Waals surface area (Å²) < 4.78 is 5.12. The first-order valence-corrected chi connectivity index (χ1v) is 6.95. The minimum Gasteiger partial charge on any atom is -0.361 e. The van der Waals surface area contributed by atoms with Gasteiger partial charge in [0.2, 0.25) is 5.91 Å². The van der Waals surface area contributed by atoms with E-state index in [4.69, 9.17) is 4.52 Å². The molecule has 6 heteroatoms. The number of nitrogens with zero attached hydrogens (tertiary/aromatic N) is 2. The number of aromatic nitrogens is 1. The Bertz CT molecular complexity index is 538. The lowest BCUT2D eigenvalue weighted by Gasteiger charge is -2.33. The van der Waals surface area contributed by atoms with E-state index >= 15 is 0 Å². The number of amides is 2. The Labute approximate surface area is 118 Å². The molecule has 1 fully saturated rings. The second kappa shape index (κ2) is 5.26. The first-order chi connectivity index (χ1) is 9.45. The molecule has 1 aromatic heterocycles. The van der Waals surface area contributed by atoms with Gasteiger partial charge < -0.3 is 14.7 Å². The van der Waals surface area contributed by atoms with Crippen LogP contribution in [0, 0.1) is 6.92 Å². The molecule has 1 aliphatic rings. The third-order valence-electron chi connectivity index (χ3n) is 4.08. The Balaban J connectivity index is 2.37. The summed E-state index contributed by atoms with van der Waals surface area (Å²) >= 11 is 0. The summed E-state index contributed by atoms with van der Waals surface area (Å²) in [6.07, 6.45) is 2.12. The lowest BCUT2D eigenvalue weighted by atomic mass is 9.96. The Kier molecular flexibility index (Phi) is 3.83. The predicted octanol–water partition coefficient (Wildman–Crippen LogP) is 1.29. The number of hydrogen-bond acceptors (Lipinski definition) is 4. The molecule has 0 saturated carbocycles. The molecule has 2 rings (SSSR count). The summed E-state index contributed by atoms with van der Waals surface area (Å²) in [6.45, 7) is 6.05. The van der Waals surface area contributed by atoms with E-state index < -0.39 is 5.54 Å². The standard InChI is InChI=1S/C14H21N3O3/c1-5-10-11(9(2)20-16-10)12(18)17-8-6-7-14(17,3)13(19)15-4/h5-8H2,1-4H3,(H,15,19)/t14-/m1/s1. The smallest absolute Gasteiger partial charge is 0.260 e. The van der Waals surface area contributed by atoms with Gasteiger partial charge >= 0.3 is 0 Å². The lowest BCUT2D eigenvalue weighted by Crippen LogP contribution is -2.54. The first-order valence-electron chi connectivity index (χ1n) is 6.95. The second-order valence-electron chi connectivity index (χ2n) is 5.33. The highest BCUT2D eigenvalue weighted by Gasteiger charge is 2.46. The van der Waals surface area contributed by atoms with E-state index in [0.717, 1.165) is 6.42 Å². The van der Waals surface area contributed by atoms with Crippen LogP contribution in [-0.4, -0.2) is 41.0 Å². The van der Waals surface area contributed by atoms with Crippen molar-refractivity contribution in [3.05, 3.63) is 17.0 Å². The van der Waals surface area contributed by atoms with Gasteiger partial charge in [0.05, 0.1) is 5.69 Å². The monoisotopic (exact) mass is 279 g/mol. The summed E-state index contributed by atoms with van der Waals surface area (Å²) in [7, 11) is 1.59. The highest BCUT2D eigenvalue weighted by atomic mass is 16.5. The number of rotatable bonds is 3. The van der Waals surface area contributed by atoms with Gasteiger partial charge in [-0.05, 0) is 33.1 Å². The number of likely N-dealkylation sites (N-methyl/N-ethyl adjacent to an activating group) is 1. The van der Waals surface area contributed by atoms with Crippen molar-refractivity contribution < 1.29 is 14.1 Å². The van der Waals surface area contributed by atoms with Crippen molar-refractivity contribution in [1.29, 1.82) is 0 Å². The number of likely N-dealkylation sites (tertiary alicyclic amines) is 1. The van der Waals surface area contributed by atoms with Crippen LogP contribution in [0.3, 0.4) is 0 Å². The molecule has 20 heavy (non-hydrogen) atoms. The van der Waals surface area contributed by atoms with Crippen molar-refractivity contribution in [1.82, 2.24) is 15.4 Å². The highest BCUT2D eigenvalue weighted by molar-refractivity contribution is 6.00. The third-order valence-corrected chi connectivity index (χ3v) is 4.08. The van der Waals surface area contributed by atoms with Gasteiger partial charge in [0.15, 0.2) is 0 Å². The number of nitrogens with one attached hydrogen (secondary N) is 1. The van der Waals surface area contributed by atoms with E-state index in [-0.39, 0.29) is 11.8 Å². The van der Waals surface area contributed by atoms with E-state index in [0.29, 0.717) is 36.4 Å². The van der Waals surface area contributed by atoms with Gasteiger partial charge in [-0.25, -0.2) is 0 Å². The quantitative estimate of drug-likeness (QED) is 0.904. The fraction of sp³-hybridized carbons (Fsp3) is 0.643. The molecule has 0 aromatic carbocycles. The lowest BCUT2D eigenvalue weighted by molar-refractivity contribution is -0.129. The third kappa shape index (κ3) is 2.09. The molecular formula is C14H21N3O3. The molecule has 6 nitrogen and oxygen atoms in total. The van der Waals surface area contributed by atoms with Crippen LogP contribution in [0.1, 0.15) is 48.5 Å². The maximum absolute atomic E-state index is 12.8. The maximum atomic E-state index is 12.8. The van der Waals surface area contributed by atoms with Crippen LogP contribution in [-0.2, 0) is 11.2 Å². The molecule has 0 aliphatic carbocycles. The second-order valence-corrected chi connectivity index (χ2v) is 5.33. The van der Waals surface area contributed by atoms with Crippen LogP contribution in [0.5, 0.6) is 0 Å². The van der Waals surface area contributed by atoms with Gasteiger partial charge in [-0.3, -0.25) is 9.59 Å². The molecule has 110 valence electrons. The predicted molar refractivity (Wildman–Crippen MR) is 73.4 cm³/mol. The Morgan fingerprint density at radius 3 is 2.80 bits per heavy atom. The molecule has 0 spiro atoms. The number of aryl methyl sites for hydroxylation is 2. The van der Waals surface area contributed by atoms with Crippen molar-refractivity contribution in [2.75, 3.05) is 13.6 Å². The van der Waals surface area contributed by atoms with Crippen molar-refractivity contribution in [3.63, 3.8) is 0 Å². The molecule has 1 saturated heterocycles. The first kappa shape index (κ1) is 14.6. The normalized spacial score (nSPS) is 22.1. The molecule has 2 heterocycles. The highest BCUT2D eigenvalue weighted by Crippen LogP contribution is 2.32. The van der Waals surface area contributed by atoms with Crippen LogP contribution >= 0.6 is 0 Å². The average Bonchev–Trinajstić information content (AvgIpc) is 3.01. The van der Waals surface area contributed by atoms with Crippen molar-refractivity contribution in [2.24, 2.45) is 0 Å². The SMILES string of the molecule is CCc1noc(C)c1C(=O)N1CCC[C@]1(C)C(=O)NC. The van der Waals surface area contributed by atoms with Crippen LogP contribution in [0.25, 0.3) is 0 Å². The summed E-state index contributed by atoms with van der Waals surface area (Å²) in [5.74, 6) is 0.220. The van der Waals surface area contributed by atoms with Crippen molar-refractivity contribution >= 4 is 11.8 Å². The number of hydrogen-bond donors (Lipinski definition) is 1. The van der Waals surface area contributed by atoms with Crippen LogP contribution in [0.4, 0.5) is 0 Å². The van der Waals surface area contributed by atoms with Crippen LogP contribution in [0.2, 0.25) is 0 Å². The minimum atomic E-state index is -0.791. The molecule has 0 radical (unpaired) electrons. The summed E-state index contributed by atoms with van der Waals surface area (Å²) in [6, 6.07) is 0. The summed E-state index contributed by atoms with van der Waals surface area (Å²) in [4.78, 5) is 26.5. The van der Waals surface area contributed by atoms with E-state index in [1.807, 2.05) is 13.8 Å². The minimum absolute atomic E-state index is 0.129. The molecule has 0 bridgehead atoms. The molecule has 1 aliphatic heterocycles. The molecule has 1 atom stereocenters. The van der Waals surface area contributed by atoms with Crippen molar-refractivity contribution in [2.45, 2.75) is 45.6 Å². The topological polar surface area (TPSA) is 75.4 Å². The Morgan fingerprint density at radius 2 is 2.20 bits per heavy atom. The average molecular weight is 279 g/mol. The van der Waals surface area contributed by atoms with Crippen LogP contribution < -0.4 is 5.32 Å². The van der Waals surface area contributed by atoms with Gasteiger partial charge in [-0.1, -0.05) is 12.1 Å². The zero-order valence-electron chi connectivity index (χ0n) is 12.4. The zero-order valence-corrected chi connectivity index (χ0v) is 12.4. The van der Waals surface area contributed by atoms with Gasteiger partial charge in [-0.2, -0.15) is 0 Å². The van der Waals surface area contributed by atoms with Crippen LogP contribution in [0.15, 0.2) is 4.52 Å². The Hall–Kier alpha value is -1.85. The summed E-state index contributed by atoms with van der Waals surface area (Å²) in [5.41, 5.74) is 0.365. The molecule has 0 unspecified atom stereocenters. The van der Waals surface area contributed by atoms with Crippen molar-refractivity contribution in [3.8, 4) is 0 Å². The molecule has 1 aromatic rings. The maximum Gasteiger partial charge on any atom is 0.260 e. The summed E-state index contributed by atoms with van der Waals surface area (Å²) in [5, 5.41) is 6.57. The van der Waals surface area contributed by atoms with E-state index in [2.05, 4.69) is 10.5 Å². The number of carbonyl (C=O) groups is 2. The fourth-order valence-corrected chi connectivity index (χ4v) is 2.86. The van der Waals surface area contributed by atoms with Gasteiger partial charge in [-0.15, -0.1) is 0 Å². The van der Waals surface area contributed by atoms with E-state index in [9.17, 15) is 9.59 Å². The van der Waals surface area contributed by atoms with Gasteiger partial charge in [0, 0.05) is 13.6 Å². The zero-order chi connectivity index (χ0) is 14.9. The fourth-order valence-electron chi connectivity index (χ4n) is 2.86. The van der Waals surface area contributed by atoms with E-state index in [1.54, 1.807) is 18.9 Å². The molecule has 2 amide bonds. The van der Waals surface area contributed by atoms with Gasteiger partial charge in [0.25, 0.3) is 5.91 Å². The molecular weight excluding hydrogens is 258 g/mol. The van der Waals surface area contributed by atoms with E-state index in [1.165, 1.54) is 0 Å². The Morgan fingerprint density at radius 1 is 1.50 bits per heavy atom. The number of carbonyl (C=O) groups excluding carboxylic acids is 2. The van der Waals surface area contributed by atoms with Gasteiger partial charge in [0.1, 0.15) is 16.9 Å². The largest absolute Gasteiger partial charge is 0.361 e. The molecule has 1 N–H and O–H groups in total.